The minimum atomic E-state index is -1.45. The molecule has 14 heteroatoms. The summed E-state index contributed by atoms with van der Waals surface area (Å²) in [7, 11) is 3.53. The molecule has 2 heterocycles. The van der Waals surface area contributed by atoms with Crippen LogP contribution in [-0.4, -0.2) is 98.8 Å². The Hall–Kier alpha value is -3.82. The van der Waals surface area contributed by atoms with E-state index in [2.05, 4.69) is 41.6 Å². The summed E-state index contributed by atoms with van der Waals surface area (Å²) in [5.41, 5.74) is 6.94. The maximum atomic E-state index is 13.6. The first kappa shape index (κ1) is 43.6. The number of ether oxygens (including phenoxy) is 5. The number of primary amides is 1. The van der Waals surface area contributed by atoms with Crippen molar-refractivity contribution >= 4 is 23.5 Å². The Balaban J connectivity index is 1.83. The number of nitrogens with one attached hydrogen (secondary N) is 2. The van der Waals surface area contributed by atoms with Crippen LogP contribution in [0, 0.1) is 29.1 Å². The number of aliphatic hydroxyl groups is 1. The van der Waals surface area contributed by atoms with Gasteiger partial charge in [0.2, 0.25) is 18.2 Å². The van der Waals surface area contributed by atoms with Crippen LogP contribution in [0.2, 0.25) is 0 Å². The number of nitrogens with zero attached hydrogens (tertiary/aromatic N) is 2. The first-order valence-electron chi connectivity index (χ1n) is 18.4. The molecule has 5 unspecified atom stereocenters. The molecule has 3 rings (SSSR count). The zero-order valence-electron chi connectivity index (χ0n) is 32.6. The van der Waals surface area contributed by atoms with Gasteiger partial charge >= 0.3 is 5.97 Å². The van der Waals surface area contributed by atoms with Gasteiger partial charge in [-0.15, -0.1) is 0 Å². The molecule has 1 saturated heterocycles. The fourth-order valence-corrected chi connectivity index (χ4v) is 6.23. The van der Waals surface area contributed by atoms with Gasteiger partial charge in [-0.05, 0) is 80.7 Å². The van der Waals surface area contributed by atoms with Crippen molar-refractivity contribution in [2.24, 2.45) is 34.8 Å². The number of pyridine rings is 1. The smallest absolute Gasteiger partial charge is 0.340 e. The van der Waals surface area contributed by atoms with Crippen molar-refractivity contribution in [2.75, 3.05) is 52.8 Å². The molecule has 0 aliphatic carbocycles. The second-order valence-corrected chi connectivity index (χ2v) is 15.0. The van der Waals surface area contributed by atoms with Gasteiger partial charge < -0.3 is 45.2 Å². The number of benzene rings is 1. The fraction of sp³-hybridized carbons (Fsp3) is 0.641. The van der Waals surface area contributed by atoms with Crippen molar-refractivity contribution in [1.82, 2.24) is 15.2 Å². The Morgan fingerprint density at radius 3 is 2.42 bits per heavy atom. The van der Waals surface area contributed by atoms with Crippen LogP contribution in [0.5, 0.6) is 5.75 Å². The van der Waals surface area contributed by atoms with Gasteiger partial charge in [0.05, 0.1) is 29.4 Å². The topological polar surface area (TPSA) is 184 Å². The van der Waals surface area contributed by atoms with Crippen LogP contribution in [0.3, 0.4) is 0 Å². The number of amides is 2. The van der Waals surface area contributed by atoms with Gasteiger partial charge in [-0.3, -0.25) is 14.6 Å². The molecule has 5 atom stereocenters. The highest BCUT2D eigenvalue weighted by Gasteiger charge is 2.43. The number of hydrogen-bond donors (Lipinski definition) is 4. The molecular formula is C39H61N5O9. The standard InChI is InChI=1S/C39H61N5O9/c1-25(2)29(18-27-10-11-31(41-7)33(19-27)50-17-9-16-49-8)20-32-34(21-30(26(3)4)35(45)43-22-39(5,6)37(40)47)51-23-44(32)38(48)53-24-52-36(46)28-12-14-42-15-13-28/h10-15,19,25-26,29-30,32,34,38,41,48H,9,16-18,20-24H2,1-8H3,(H2,40,47)(H,43,45). The summed E-state index contributed by atoms with van der Waals surface area (Å²) in [5.74, 6) is -0.661. The maximum absolute atomic E-state index is 13.6. The monoisotopic (exact) mass is 743 g/mol. The van der Waals surface area contributed by atoms with Crippen molar-refractivity contribution < 1.29 is 43.2 Å². The van der Waals surface area contributed by atoms with Crippen molar-refractivity contribution in [3.8, 4) is 5.75 Å². The van der Waals surface area contributed by atoms with Crippen molar-refractivity contribution in [3.05, 3.63) is 53.9 Å². The molecule has 1 aromatic carbocycles. The Bertz CT molecular complexity index is 1440. The molecule has 2 amide bonds. The molecule has 1 aliphatic heterocycles. The minimum absolute atomic E-state index is 0.0388. The molecule has 296 valence electrons. The van der Waals surface area contributed by atoms with E-state index in [0.29, 0.717) is 31.6 Å². The Morgan fingerprint density at radius 1 is 1.08 bits per heavy atom. The van der Waals surface area contributed by atoms with Gasteiger partial charge in [-0.25, -0.2) is 9.69 Å². The lowest BCUT2D eigenvalue weighted by Crippen LogP contribution is -2.48. The second-order valence-electron chi connectivity index (χ2n) is 15.0. The molecule has 0 bridgehead atoms. The van der Waals surface area contributed by atoms with Gasteiger partial charge in [0.15, 0.2) is 6.79 Å². The predicted octanol–water partition coefficient (Wildman–Crippen LogP) is 4.17. The first-order chi connectivity index (χ1) is 25.2. The number of carbonyl (C=O) groups excluding carboxylic acids is 3. The van der Waals surface area contributed by atoms with E-state index >= 15 is 0 Å². The van der Waals surface area contributed by atoms with Crippen LogP contribution < -0.4 is 21.1 Å². The van der Waals surface area contributed by atoms with Crippen LogP contribution >= 0.6 is 0 Å². The van der Waals surface area contributed by atoms with E-state index in [4.69, 9.17) is 29.4 Å². The highest BCUT2D eigenvalue weighted by Crippen LogP contribution is 2.36. The third kappa shape index (κ3) is 13.2. The molecule has 2 aromatic rings. The molecule has 14 nitrogen and oxygen atoms in total. The Morgan fingerprint density at radius 2 is 1.79 bits per heavy atom. The summed E-state index contributed by atoms with van der Waals surface area (Å²) in [5, 5.41) is 17.5. The summed E-state index contributed by atoms with van der Waals surface area (Å²) in [6.45, 7) is 12.5. The molecule has 1 fully saturated rings. The number of esters is 1. The molecule has 5 N–H and O–H groups in total. The fourth-order valence-electron chi connectivity index (χ4n) is 6.23. The second kappa shape index (κ2) is 21.2. The molecule has 1 aliphatic rings. The molecular weight excluding hydrogens is 682 g/mol. The van der Waals surface area contributed by atoms with Gasteiger partial charge in [-0.2, -0.15) is 0 Å². The van der Waals surface area contributed by atoms with Gasteiger partial charge in [-0.1, -0.05) is 33.8 Å². The van der Waals surface area contributed by atoms with E-state index in [0.717, 1.165) is 29.8 Å². The van der Waals surface area contributed by atoms with Gasteiger partial charge in [0.1, 0.15) is 12.5 Å². The molecule has 0 radical (unpaired) electrons. The molecule has 0 saturated carbocycles. The minimum Gasteiger partial charge on any atom is -0.491 e. The lowest BCUT2D eigenvalue weighted by molar-refractivity contribution is -0.233. The summed E-state index contributed by atoms with van der Waals surface area (Å²) in [6.07, 6.45) is 3.55. The molecule has 53 heavy (non-hydrogen) atoms. The van der Waals surface area contributed by atoms with Crippen LogP contribution in [0.15, 0.2) is 42.7 Å². The van der Waals surface area contributed by atoms with Gasteiger partial charge in [0, 0.05) is 58.1 Å². The van der Waals surface area contributed by atoms with Crippen LogP contribution in [0.25, 0.3) is 0 Å². The summed E-state index contributed by atoms with van der Waals surface area (Å²) in [4.78, 5) is 43.6. The third-order valence-electron chi connectivity index (χ3n) is 9.95. The average Bonchev–Trinajstić information content (AvgIpc) is 3.53. The first-order valence-corrected chi connectivity index (χ1v) is 18.4. The molecule has 0 spiro atoms. The number of carbonyl (C=O) groups is 3. The summed E-state index contributed by atoms with van der Waals surface area (Å²) in [6, 6.07) is 8.87. The Labute approximate surface area is 314 Å². The van der Waals surface area contributed by atoms with E-state index in [1.54, 1.807) is 25.9 Å². The van der Waals surface area contributed by atoms with Crippen molar-refractivity contribution in [1.29, 1.82) is 0 Å². The van der Waals surface area contributed by atoms with E-state index in [9.17, 15) is 19.5 Å². The van der Waals surface area contributed by atoms with E-state index in [1.807, 2.05) is 27.0 Å². The largest absolute Gasteiger partial charge is 0.491 e. The van der Waals surface area contributed by atoms with Crippen LogP contribution in [-0.2, 0) is 35.0 Å². The number of methoxy groups -OCH3 is 1. The predicted molar refractivity (Wildman–Crippen MR) is 201 cm³/mol. The normalized spacial score (nSPS) is 18.1. The zero-order chi connectivity index (χ0) is 39.1. The number of anilines is 1. The van der Waals surface area contributed by atoms with Crippen molar-refractivity contribution in [2.45, 2.75) is 85.8 Å². The lowest BCUT2D eigenvalue weighted by Gasteiger charge is -2.34. The lowest BCUT2D eigenvalue weighted by atomic mass is 9.80. The SMILES string of the molecule is CNc1ccc(CC(CC2C(CC(C(=O)NCC(C)(C)C(N)=O)C(C)C)OCN2C(O)OCOC(=O)c2ccncc2)C(C)C)cc1OCCCOC. The van der Waals surface area contributed by atoms with Gasteiger partial charge in [0.25, 0.3) is 0 Å². The number of nitrogens with two attached hydrogens (primary N) is 1. The van der Waals surface area contributed by atoms with E-state index in [1.165, 1.54) is 24.5 Å². The third-order valence-corrected chi connectivity index (χ3v) is 9.95. The van der Waals surface area contributed by atoms with Crippen LogP contribution in [0.1, 0.15) is 76.7 Å². The van der Waals surface area contributed by atoms with Crippen molar-refractivity contribution in [3.63, 3.8) is 0 Å². The summed E-state index contributed by atoms with van der Waals surface area (Å²) >= 11 is 0. The number of rotatable bonds is 23. The average molecular weight is 744 g/mol. The quantitative estimate of drug-likeness (QED) is 0.0725. The number of aliphatic hydroxyl groups excluding tert-OH is 1. The Kier molecular flexibility index (Phi) is 17.4. The highest BCUT2D eigenvalue weighted by molar-refractivity contribution is 5.89. The van der Waals surface area contributed by atoms with E-state index in [-0.39, 0.29) is 43.0 Å². The van der Waals surface area contributed by atoms with E-state index < -0.39 is 42.5 Å². The number of hydrogen-bond acceptors (Lipinski definition) is 12. The molecule has 1 aromatic heterocycles. The maximum Gasteiger partial charge on any atom is 0.340 e. The van der Waals surface area contributed by atoms with Crippen LogP contribution in [0.4, 0.5) is 5.69 Å². The zero-order valence-corrected chi connectivity index (χ0v) is 32.6. The number of aromatic nitrogens is 1. The summed E-state index contributed by atoms with van der Waals surface area (Å²) < 4.78 is 28.5. The highest BCUT2D eigenvalue weighted by atomic mass is 16.7.